The van der Waals surface area contributed by atoms with Crippen LogP contribution in [0.25, 0.3) is 10.9 Å². The maximum Gasteiger partial charge on any atom is 0.260 e. The van der Waals surface area contributed by atoms with Crippen LogP contribution in [0.1, 0.15) is 36.6 Å². The summed E-state index contributed by atoms with van der Waals surface area (Å²) in [5.74, 6) is 2.85. The first-order chi connectivity index (χ1) is 16.3. The largest absolute Gasteiger partial charge is 0.497 e. The van der Waals surface area contributed by atoms with Gasteiger partial charge in [-0.25, -0.2) is 9.97 Å². The van der Waals surface area contributed by atoms with Crippen molar-refractivity contribution in [2.45, 2.75) is 32.7 Å². The molecular weight excluding hydrogens is 541 g/mol. The van der Waals surface area contributed by atoms with Crippen LogP contribution >= 0.6 is 37.2 Å². The molecule has 10 nitrogen and oxygen atoms in total. The molecular formula is C24H36Cl3N7O3. The van der Waals surface area contributed by atoms with Crippen molar-refractivity contribution in [2.24, 2.45) is 0 Å². The minimum absolute atomic E-state index is 0. The number of hydrogen-bond acceptors (Lipinski definition) is 9. The van der Waals surface area contributed by atoms with E-state index < -0.39 is 0 Å². The molecule has 0 radical (unpaired) electrons. The fraction of sp³-hybridized carbons (Fsp3) is 0.500. The minimum atomic E-state index is -0.143. The second-order valence-electron chi connectivity index (χ2n) is 8.94. The molecule has 0 fully saturated rings. The maximum absolute atomic E-state index is 13.1. The van der Waals surface area contributed by atoms with E-state index in [0.717, 1.165) is 29.1 Å². The molecule has 4 rings (SSSR count). The van der Waals surface area contributed by atoms with E-state index in [2.05, 4.69) is 29.0 Å². The fourth-order valence-corrected chi connectivity index (χ4v) is 4.20. The van der Waals surface area contributed by atoms with Crippen molar-refractivity contribution in [3.8, 4) is 5.75 Å². The zero-order chi connectivity index (χ0) is 24.4. The van der Waals surface area contributed by atoms with Crippen LogP contribution in [0.2, 0.25) is 0 Å². The fourth-order valence-electron chi connectivity index (χ4n) is 4.20. The third-order valence-electron chi connectivity index (χ3n) is 6.01. The van der Waals surface area contributed by atoms with Crippen molar-refractivity contribution in [2.75, 3.05) is 63.1 Å². The van der Waals surface area contributed by atoms with Gasteiger partial charge in [0.05, 0.1) is 36.9 Å². The zero-order valence-electron chi connectivity index (χ0n) is 22.0. The van der Waals surface area contributed by atoms with Gasteiger partial charge in [0, 0.05) is 45.9 Å². The minimum Gasteiger partial charge on any atom is -0.497 e. The van der Waals surface area contributed by atoms with Crippen LogP contribution in [-0.4, -0.2) is 67.9 Å². The lowest BCUT2D eigenvalue weighted by molar-refractivity contribution is 0.210. The molecule has 37 heavy (non-hydrogen) atoms. The lowest BCUT2D eigenvalue weighted by atomic mass is 9.98. The summed E-state index contributed by atoms with van der Waals surface area (Å²) in [6, 6.07) is 3.74. The molecule has 13 heteroatoms. The smallest absolute Gasteiger partial charge is 0.260 e. The maximum atomic E-state index is 13.1. The molecule has 2 N–H and O–H groups in total. The van der Waals surface area contributed by atoms with Crippen LogP contribution in [0.4, 0.5) is 17.7 Å². The number of benzene rings is 1. The first kappa shape index (κ1) is 32.5. The van der Waals surface area contributed by atoms with Gasteiger partial charge < -0.3 is 24.6 Å². The first-order valence-corrected chi connectivity index (χ1v) is 11.5. The molecule has 1 aromatic carbocycles. The number of ether oxygens (including phenoxy) is 2. The topological polar surface area (TPSA) is 108 Å². The Morgan fingerprint density at radius 3 is 2.49 bits per heavy atom. The van der Waals surface area contributed by atoms with Gasteiger partial charge in [-0.05, 0) is 24.0 Å². The van der Waals surface area contributed by atoms with E-state index >= 15 is 0 Å². The quantitative estimate of drug-likeness (QED) is 0.387. The standard InChI is InChI=1S/C24H33N7O3.3ClH/c1-14(2)17-11-15(34-6)12-18-20(17)22(32)29-24(26-18)31-9-7-16-19(13-31)27-23(30(3)4)28-21(16)25-8-10-33-5;;;/h11-12,14H,7-10,13H2,1-6H3,(H,25,27,28)(H,26,29,32);3*1H. The molecule has 0 bridgehead atoms. The van der Waals surface area contributed by atoms with Crippen molar-refractivity contribution < 1.29 is 9.47 Å². The van der Waals surface area contributed by atoms with E-state index in [0.29, 0.717) is 54.8 Å². The Morgan fingerprint density at radius 2 is 1.86 bits per heavy atom. The molecule has 1 aliphatic heterocycles. The van der Waals surface area contributed by atoms with E-state index in [1.165, 1.54) is 0 Å². The van der Waals surface area contributed by atoms with Gasteiger partial charge in [0.1, 0.15) is 11.6 Å². The molecule has 0 spiro atoms. The molecule has 1 aliphatic rings. The molecule has 3 aromatic rings. The number of aromatic amines is 1. The first-order valence-electron chi connectivity index (χ1n) is 11.5. The summed E-state index contributed by atoms with van der Waals surface area (Å²) in [5.41, 5.74) is 3.42. The molecule has 0 saturated carbocycles. The summed E-state index contributed by atoms with van der Waals surface area (Å²) in [5, 5.41) is 3.99. The molecule has 3 heterocycles. The molecule has 0 unspecified atom stereocenters. The summed E-state index contributed by atoms with van der Waals surface area (Å²) in [6.07, 6.45) is 0.732. The highest BCUT2D eigenvalue weighted by Gasteiger charge is 2.25. The molecule has 2 aromatic heterocycles. The van der Waals surface area contributed by atoms with Crippen LogP contribution in [0.3, 0.4) is 0 Å². The van der Waals surface area contributed by atoms with Crippen LogP contribution < -0.4 is 25.4 Å². The zero-order valence-corrected chi connectivity index (χ0v) is 24.4. The second kappa shape index (κ2) is 13.9. The highest BCUT2D eigenvalue weighted by atomic mass is 35.5. The average Bonchev–Trinajstić information content (AvgIpc) is 2.82. The number of halogens is 3. The summed E-state index contributed by atoms with van der Waals surface area (Å²) in [6.45, 7) is 6.58. The molecule has 0 atom stereocenters. The Labute approximate surface area is 235 Å². The normalized spacial score (nSPS) is 12.2. The van der Waals surface area contributed by atoms with Gasteiger partial charge >= 0.3 is 0 Å². The lowest BCUT2D eigenvalue weighted by Gasteiger charge is -2.30. The van der Waals surface area contributed by atoms with Gasteiger partial charge in [0.2, 0.25) is 11.9 Å². The summed E-state index contributed by atoms with van der Waals surface area (Å²) >= 11 is 0. The van der Waals surface area contributed by atoms with E-state index in [9.17, 15) is 4.79 Å². The van der Waals surface area contributed by atoms with Gasteiger partial charge in [-0.2, -0.15) is 4.98 Å². The van der Waals surface area contributed by atoms with Crippen molar-refractivity contribution in [1.29, 1.82) is 0 Å². The SMILES string of the molecule is COCCNc1nc(N(C)C)nc2c1CCN(c1nc3cc(OC)cc(C(C)C)c3c(=O)[nH]1)C2.Cl.Cl.Cl. The third kappa shape index (κ3) is 6.87. The Balaban J connectivity index is 0.00000228. The molecule has 0 saturated heterocycles. The Kier molecular flexibility index (Phi) is 12.2. The Hall–Kier alpha value is -2.53. The van der Waals surface area contributed by atoms with Gasteiger partial charge in [-0.1, -0.05) is 13.8 Å². The highest BCUT2D eigenvalue weighted by molar-refractivity contribution is 5.86. The molecule has 0 amide bonds. The van der Waals surface area contributed by atoms with Gasteiger partial charge in [0.15, 0.2) is 0 Å². The van der Waals surface area contributed by atoms with E-state index in [1.807, 2.05) is 31.1 Å². The van der Waals surface area contributed by atoms with Crippen LogP contribution in [-0.2, 0) is 17.7 Å². The Morgan fingerprint density at radius 1 is 1.14 bits per heavy atom. The van der Waals surface area contributed by atoms with Crippen molar-refractivity contribution in [3.05, 3.63) is 39.3 Å². The van der Waals surface area contributed by atoms with Gasteiger partial charge in [-0.15, -0.1) is 37.2 Å². The predicted octanol–water partition coefficient (Wildman–Crippen LogP) is 3.80. The van der Waals surface area contributed by atoms with E-state index in [4.69, 9.17) is 24.4 Å². The van der Waals surface area contributed by atoms with E-state index in [-0.39, 0.29) is 48.7 Å². The number of H-pyrrole nitrogens is 1. The monoisotopic (exact) mass is 575 g/mol. The number of nitrogens with one attached hydrogen (secondary N) is 2. The van der Waals surface area contributed by atoms with E-state index in [1.54, 1.807) is 14.2 Å². The van der Waals surface area contributed by atoms with Crippen LogP contribution in [0, 0.1) is 0 Å². The number of nitrogens with zero attached hydrogens (tertiary/aromatic N) is 5. The third-order valence-corrected chi connectivity index (χ3v) is 6.01. The number of fused-ring (bicyclic) bond motifs is 2. The number of methoxy groups -OCH3 is 2. The van der Waals surface area contributed by atoms with Crippen LogP contribution in [0.15, 0.2) is 16.9 Å². The van der Waals surface area contributed by atoms with Gasteiger partial charge in [0.25, 0.3) is 5.56 Å². The second-order valence-corrected chi connectivity index (χ2v) is 8.94. The van der Waals surface area contributed by atoms with Gasteiger partial charge in [-0.3, -0.25) is 9.78 Å². The summed E-state index contributed by atoms with van der Waals surface area (Å²) in [7, 11) is 7.14. The predicted molar refractivity (Wildman–Crippen MR) is 156 cm³/mol. The number of rotatable bonds is 8. The van der Waals surface area contributed by atoms with Crippen LogP contribution in [0.5, 0.6) is 5.75 Å². The molecule has 206 valence electrons. The average molecular weight is 577 g/mol. The van der Waals surface area contributed by atoms with Crippen molar-refractivity contribution in [1.82, 2.24) is 19.9 Å². The summed E-state index contributed by atoms with van der Waals surface area (Å²) in [4.78, 5) is 34.4. The highest BCUT2D eigenvalue weighted by Crippen LogP contribution is 2.30. The number of aromatic nitrogens is 4. The number of hydrogen-bond donors (Lipinski definition) is 2. The molecule has 0 aliphatic carbocycles. The van der Waals surface area contributed by atoms with Crippen molar-refractivity contribution in [3.63, 3.8) is 0 Å². The number of anilines is 3. The lowest BCUT2D eigenvalue weighted by Crippen LogP contribution is -2.35. The Bertz CT molecular complexity index is 1250. The van der Waals surface area contributed by atoms with Crippen molar-refractivity contribution >= 4 is 65.8 Å². The summed E-state index contributed by atoms with van der Waals surface area (Å²) < 4.78 is 10.6.